The molecule has 0 bridgehead atoms. The second-order valence-corrected chi connectivity index (χ2v) is 6.85. The van der Waals surface area contributed by atoms with E-state index in [1.54, 1.807) is 13.8 Å². The van der Waals surface area contributed by atoms with Crippen LogP contribution in [0.1, 0.15) is 40.2 Å². The summed E-state index contributed by atoms with van der Waals surface area (Å²) in [6, 6.07) is 6.87. The highest BCUT2D eigenvalue weighted by molar-refractivity contribution is 5.86. The van der Waals surface area contributed by atoms with Crippen molar-refractivity contribution in [2.24, 2.45) is 5.92 Å². The maximum Gasteiger partial charge on any atom is 0.408 e. The van der Waals surface area contributed by atoms with Crippen LogP contribution in [0.3, 0.4) is 0 Å². The fraction of sp³-hybridized carbons (Fsp3) is 0.579. The van der Waals surface area contributed by atoms with Crippen molar-refractivity contribution in [1.82, 2.24) is 10.6 Å². The Kier molecular flexibility index (Phi) is 8.25. The Balaban J connectivity index is 2.51. The number of amides is 2. The molecule has 0 saturated carbocycles. The Hall–Kier alpha value is -2.24. The summed E-state index contributed by atoms with van der Waals surface area (Å²) >= 11 is 0. The first-order valence-corrected chi connectivity index (χ1v) is 8.66. The van der Waals surface area contributed by atoms with Crippen LogP contribution in [-0.4, -0.2) is 36.8 Å². The van der Waals surface area contributed by atoms with Crippen LogP contribution in [-0.2, 0) is 9.53 Å². The van der Waals surface area contributed by atoms with Crippen molar-refractivity contribution in [1.29, 1.82) is 0 Å². The molecule has 0 spiro atoms. The summed E-state index contributed by atoms with van der Waals surface area (Å²) in [7, 11) is 0. The number of hydrogen-bond acceptors (Lipinski definition) is 4. The summed E-state index contributed by atoms with van der Waals surface area (Å²) in [5, 5.41) is 5.49. The predicted molar refractivity (Wildman–Crippen MR) is 97.7 cm³/mol. The lowest BCUT2D eigenvalue weighted by Crippen LogP contribution is -2.52. The molecule has 0 fully saturated rings. The molecule has 2 N–H and O–H groups in total. The Morgan fingerprint density at radius 2 is 1.60 bits per heavy atom. The lowest BCUT2D eigenvalue weighted by atomic mass is 10.0. The van der Waals surface area contributed by atoms with Gasteiger partial charge in [-0.25, -0.2) is 4.79 Å². The number of alkyl carbamates (subject to hydrolysis) is 1. The zero-order chi connectivity index (χ0) is 19.0. The van der Waals surface area contributed by atoms with Gasteiger partial charge in [0.2, 0.25) is 5.91 Å². The van der Waals surface area contributed by atoms with Crippen LogP contribution in [0.5, 0.6) is 5.75 Å². The molecule has 1 rings (SSSR count). The van der Waals surface area contributed by atoms with Crippen LogP contribution in [0.4, 0.5) is 4.79 Å². The molecule has 2 amide bonds. The van der Waals surface area contributed by atoms with E-state index in [1.165, 1.54) is 0 Å². The van der Waals surface area contributed by atoms with Gasteiger partial charge in [0.1, 0.15) is 18.4 Å². The topological polar surface area (TPSA) is 76.7 Å². The van der Waals surface area contributed by atoms with Gasteiger partial charge in [0, 0.05) is 0 Å². The SMILES string of the molecule is Cc1ccc(OCC(C)NC(=O)C(NC(=O)OC(C)C)C(C)C)cc1. The quantitative estimate of drug-likeness (QED) is 0.755. The van der Waals surface area contributed by atoms with Crippen molar-refractivity contribution in [3.05, 3.63) is 29.8 Å². The molecule has 0 radical (unpaired) electrons. The van der Waals surface area contributed by atoms with Gasteiger partial charge in [-0.2, -0.15) is 0 Å². The van der Waals surface area contributed by atoms with E-state index in [-0.39, 0.29) is 24.0 Å². The Morgan fingerprint density at radius 3 is 2.12 bits per heavy atom. The number of carbonyl (C=O) groups excluding carboxylic acids is 2. The third-order valence-corrected chi connectivity index (χ3v) is 3.47. The van der Waals surface area contributed by atoms with E-state index in [0.29, 0.717) is 6.61 Å². The summed E-state index contributed by atoms with van der Waals surface area (Å²) in [4.78, 5) is 24.2. The fourth-order valence-electron chi connectivity index (χ4n) is 2.14. The highest BCUT2D eigenvalue weighted by atomic mass is 16.6. The summed E-state index contributed by atoms with van der Waals surface area (Å²) in [6.07, 6.45) is -0.829. The molecule has 0 aliphatic heterocycles. The molecule has 0 heterocycles. The highest BCUT2D eigenvalue weighted by Crippen LogP contribution is 2.11. The molecular weight excluding hydrogens is 320 g/mol. The van der Waals surface area contributed by atoms with Crippen molar-refractivity contribution in [2.45, 2.75) is 59.7 Å². The van der Waals surface area contributed by atoms with Crippen molar-refractivity contribution in [3.8, 4) is 5.75 Å². The van der Waals surface area contributed by atoms with Crippen LogP contribution in [0.2, 0.25) is 0 Å². The zero-order valence-corrected chi connectivity index (χ0v) is 16.0. The number of hydrogen-bond donors (Lipinski definition) is 2. The number of benzene rings is 1. The van der Waals surface area contributed by atoms with E-state index in [2.05, 4.69) is 10.6 Å². The van der Waals surface area contributed by atoms with Crippen LogP contribution in [0.25, 0.3) is 0 Å². The van der Waals surface area contributed by atoms with Gasteiger partial charge in [0.25, 0.3) is 0 Å². The highest BCUT2D eigenvalue weighted by Gasteiger charge is 2.26. The number of rotatable bonds is 8. The lowest BCUT2D eigenvalue weighted by Gasteiger charge is -2.24. The molecular formula is C19H30N2O4. The molecule has 6 heteroatoms. The van der Waals surface area contributed by atoms with Gasteiger partial charge in [-0.3, -0.25) is 4.79 Å². The molecule has 0 aliphatic rings. The summed E-state index contributed by atoms with van der Waals surface area (Å²) in [6.45, 7) is 11.5. The largest absolute Gasteiger partial charge is 0.491 e. The first-order chi connectivity index (χ1) is 11.7. The van der Waals surface area contributed by atoms with Crippen molar-refractivity contribution < 1.29 is 19.1 Å². The molecule has 0 aromatic heterocycles. The van der Waals surface area contributed by atoms with Crippen LogP contribution >= 0.6 is 0 Å². The van der Waals surface area contributed by atoms with Crippen LogP contribution < -0.4 is 15.4 Å². The molecule has 25 heavy (non-hydrogen) atoms. The van der Waals surface area contributed by atoms with Gasteiger partial charge in [0.15, 0.2) is 0 Å². The average Bonchev–Trinajstić information content (AvgIpc) is 2.51. The Bertz CT molecular complexity index is 555. The van der Waals surface area contributed by atoms with E-state index in [4.69, 9.17) is 9.47 Å². The van der Waals surface area contributed by atoms with E-state index >= 15 is 0 Å². The normalized spacial score (nSPS) is 13.3. The van der Waals surface area contributed by atoms with Crippen molar-refractivity contribution in [3.63, 3.8) is 0 Å². The molecule has 1 aromatic rings. The second kappa shape index (κ2) is 9.91. The van der Waals surface area contributed by atoms with E-state index in [0.717, 1.165) is 11.3 Å². The van der Waals surface area contributed by atoms with E-state index in [9.17, 15) is 9.59 Å². The number of ether oxygens (including phenoxy) is 2. The lowest BCUT2D eigenvalue weighted by molar-refractivity contribution is -0.124. The Labute approximate surface area is 150 Å². The second-order valence-electron chi connectivity index (χ2n) is 6.85. The minimum atomic E-state index is -0.659. The number of aryl methyl sites for hydroxylation is 1. The monoisotopic (exact) mass is 350 g/mol. The first-order valence-electron chi connectivity index (χ1n) is 8.66. The number of carbonyl (C=O) groups is 2. The molecule has 2 atom stereocenters. The molecule has 0 aliphatic carbocycles. The van der Waals surface area contributed by atoms with E-state index < -0.39 is 12.1 Å². The Morgan fingerprint density at radius 1 is 1.00 bits per heavy atom. The standard InChI is InChI=1S/C19H30N2O4/c1-12(2)17(21-19(23)25-13(3)4)18(22)20-15(6)11-24-16-9-7-14(5)8-10-16/h7-10,12-13,15,17H,11H2,1-6H3,(H,20,22)(H,21,23). The average molecular weight is 350 g/mol. The van der Waals surface area contributed by atoms with Crippen LogP contribution in [0, 0.1) is 12.8 Å². The van der Waals surface area contributed by atoms with Gasteiger partial charge >= 0.3 is 6.09 Å². The molecule has 6 nitrogen and oxygen atoms in total. The molecule has 140 valence electrons. The van der Waals surface area contributed by atoms with Gasteiger partial charge in [0.05, 0.1) is 12.1 Å². The minimum Gasteiger partial charge on any atom is -0.491 e. The van der Waals surface area contributed by atoms with Crippen LogP contribution in [0.15, 0.2) is 24.3 Å². The van der Waals surface area contributed by atoms with Gasteiger partial charge < -0.3 is 20.1 Å². The summed E-state index contributed by atoms with van der Waals surface area (Å²) in [5.41, 5.74) is 1.16. The third kappa shape index (κ3) is 7.92. The maximum atomic E-state index is 12.4. The number of nitrogens with one attached hydrogen (secondary N) is 2. The fourth-order valence-corrected chi connectivity index (χ4v) is 2.14. The third-order valence-electron chi connectivity index (χ3n) is 3.47. The molecule has 2 unspecified atom stereocenters. The molecule has 0 saturated heterocycles. The maximum absolute atomic E-state index is 12.4. The molecule has 1 aromatic carbocycles. The summed E-state index contributed by atoms with van der Waals surface area (Å²) < 4.78 is 10.7. The van der Waals surface area contributed by atoms with Crippen molar-refractivity contribution in [2.75, 3.05) is 6.61 Å². The zero-order valence-electron chi connectivity index (χ0n) is 16.0. The summed E-state index contributed by atoms with van der Waals surface area (Å²) in [5.74, 6) is 0.436. The minimum absolute atomic E-state index is 0.0649. The van der Waals surface area contributed by atoms with Crippen molar-refractivity contribution >= 4 is 12.0 Å². The van der Waals surface area contributed by atoms with E-state index in [1.807, 2.05) is 52.0 Å². The van der Waals surface area contributed by atoms with Gasteiger partial charge in [-0.05, 0) is 45.7 Å². The first kappa shape index (κ1) is 20.8. The predicted octanol–water partition coefficient (Wildman–Crippen LogP) is 3.04. The van der Waals surface area contributed by atoms with Gasteiger partial charge in [-0.1, -0.05) is 31.5 Å². The smallest absolute Gasteiger partial charge is 0.408 e. The van der Waals surface area contributed by atoms with Gasteiger partial charge in [-0.15, -0.1) is 0 Å².